The van der Waals surface area contributed by atoms with E-state index in [1.54, 1.807) is 4.31 Å². The molecule has 2 fully saturated rings. The van der Waals surface area contributed by atoms with Crippen LogP contribution in [0.5, 0.6) is 0 Å². The monoisotopic (exact) mass is 298 g/mol. The molecular weight excluding hydrogens is 276 g/mol. The summed E-state index contributed by atoms with van der Waals surface area (Å²) in [6.45, 7) is 3.83. The molecule has 0 aromatic heterocycles. The van der Waals surface area contributed by atoms with Gasteiger partial charge in [0.15, 0.2) is 0 Å². The Hall–Kier alpha value is 0.120. The summed E-state index contributed by atoms with van der Waals surface area (Å²) in [6, 6.07) is 0.0675. The van der Waals surface area contributed by atoms with E-state index in [1.165, 1.54) is 0 Å². The minimum Gasteiger partial charge on any atom is -0.377 e. The molecule has 0 bridgehead atoms. The van der Waals surface area contributed by atoms with Crippen LogP contribution in [0.4, 0.5) is 0 Å². The molecule has 0 spiro atoms. The fourth-order valence-corrected chi connectivity index (χ4v) is 4.30. The molecule has 2 aliphatic heterocycles. The van der Waals surface area contributed by atoms with Gasteiger partial charge in [-0.1, -0.05) is 0 Å². The molecule has 2 N–H and O–H groups in total. The van der Waals surface area contributed by atoms with Gasteiger partial charge >= 0.3 is 0 Å². The Bertz CT molecular complexity index is 355. The molecule has 18 heavy (non-hydrogen) atoms. The highest BCUT2D eigenvalue weighted by atomic mass is 35.5. The van der Waals surface area contributed by atoms with Crippen molar-refractivity contribution in [2.75, 3.05) is 25.4 Å². The third kappa shape index (κ3) is 3.81. The molecule has 0 aromatic rings. The van der Waals surface area contributed by atoms with Gasteiger partial charge in [-0.15, -0.1) is 12.4 Å². The summed E-state index contributed by atoms with van der Waals surface area (Å²) in [5.74, 6) is 0.438. The fraction of sp³-hybridized carbons (Fsp3) is 1.00. The van der Waals surface area contributed by atoms with Crippen molar-refractivity contribution >= 4 is 22.4 Å². The first-order valence-corrected chi connectivity index (χ1v) is 7.95. The van der Waals surface area contributed by atoms with Crippen LogP contribution in [0.3, 0.4) is 0 Å². The minimum absolute atomic E-state index is 0. The molecule has 5 nitrogen and oxygen atoms in total. The van der Waals surface area contributed by atoms with Gasteiger partial charge in [0.25, 0.3) is 0 Å². The lowest BCUT2D eigenvalue weighted by Crippen LogP contribution is -2.37. The van der Waals surface area contributed by atoms with Crippen LogP contribution in [0.15, 0.2) is 0 Å². The predicted molar refractivity (Wildman–Crippen MR) is 73.3 cm³/mol. The number of rotatable bonds is 4. The van der Waals surface area contributed by atoms with Crippen molar-refractivity contribution in [3.63, 3.8) is 0 Å². The largest absolute Gasteiger partial charge is 0.377 e. The molecule has 3 atom stereocenters. The molecule has 0 aliphatic carbocycles. The van der Waals surface area contributed by atoms with E-state index in [1.807, 2.05) is 6.92 Å². The molecule has 3 unspecified atom stereocenters. The standard InChI is InChI=1S/C11H22N2O3S.ClH/c1-9(12)10-4-5-13(7-10)17(14,15)8-11-3-2-6-16-11;/h9-11H,2-8,12H2,1H3;1H. The molecule has 0 saturated carbocycles. The van der Waals surface area contributed by atoms with Gasteiger partial charge in [0, 0.05) is 25.7 Å². The summed E-state index contributed by atoms with van der Waals surface area (Å²) in [7, 11) is -3.16. The summed E-state index contributed by atoms with van der Waals surface area (Å²) in [5, 5.41) is 0. The van der Waals surface area contributed by atoms with Crippen LogP contribution in [0, 0.1) is 5.92 Å². The zero-order valence-electron chi connectivity index (χ0n) is 10.7. The smallest absolute Gasteiger partial charge is 0.216 e. The molecule has 0 amide bonds. The van der Waals surface area contributed by atoms with Crippen LogP contribution in [0.25, 0.3) is 0 Å². The molecule has 2 heterocycles. The van der Waals surface area contributed by atoms with Crippen LogP contribution < -0.4 is 5.73 Å². The zero-order chi connectivity index (χ0) is 12.5. The van der Waals surface area contributed by atoms with E-state index in [0.717, 1.165) is 19.3 Å². The van der Waals surface area contributed by atoms with E-state index in [0.29, 0.717) is 25.6 Å². The molecule has 108 valence electrons. The summed E-state index contributed by atoms with van der Waals surface area (Å²) >= 11 is 0. The first kappa shape index (κ1) is 16.2. The van der Waals surface area contributed by atoms with Crippen molar-refractivity contribution in [1.29, 1.82) is 0 Å². The number of ether oxygens (including phenoxy) is 1. The topological polar surface area (TPSA) is 72.6 Å². The summed E-state index contributed by atoms with van der Waals surface area (Å²) in [4.78, 5) is 0. The summed E-state index contributed by atoms with van der Waals surface area (Å²) in [5.41, 5.74) is 5.82. The SMILES string of the molecule is CC(N)C1CCN(S(=O)(=O)CC2CCCO2)C1.Cl. The number of nitrogens with zero attached hydrogens (tertiary/aromatic N) is 1. The Labute approximate surface area is 116 Å². The van der Waals surface area contributed by atoms with Gasteiger partial charge in [-0.25, -0.2) is 12.7 Å². The first-order valence-electron chi connectivity index (χ1n) is 6.34. The summed E-state index contributed by atoms with van der Waals surface area (Å²) < 4.78 is 31.3. The first-order chi connectivity index (χ1) is 7.99. The van der Waals surface area contributed by atoms with E-state index in [-0.39, 0.29) is 30.3 Å². The maximum atomic E-state index is 12.2. The number of hydrogen-bond donors (Lipinski definition) is 1. The third-order valence-corrected chi connectivity index (χ3v) is 5.66. The predicted octanol–water partition coefficient (Wildman–Crippen LogP) is 0.586. The van der Waals surface area contributed by atoms with Crippen LogP contribution in [0.2, 0.25) is 0 Å². The Morgan fingerprint density at radius 1 is 1.44 bits per heavy atom. The van der Waals surface area contributed by atoms with Crippen LogP contribution in [0.1, 0.15) is 26.2 Å². The highest BCUT2D eigenvalue weighted by Gasteiger charge is 2.35. The second-order valence-electron chi connectivity index (χ2n) is 5.18. The zero-order valence-corrected chi connectivity index (χ0v) is 12.4. The van der Waals surface area contributed by atoms with Crippen LogP contribution in [-0.4, -0.2) is 50.3 Å². The Morgan fingerprint density at radius 3 is 2.67 bits per heavy atom. The highest BCUT2D eigenvalue weighted by Crippen LogP contribution is 2.23. The average molecular weight is 299 g/mol. The van der Waals surface area contributed by atoms with Gasteiger partial charge < -0.3 is 10.5 Å². The average Bonchev–Trinajstić information content (AvgIpc) is 2.84. The van der Waals surface area contributed by atoms with E-state index in [2.05, 4.69) is 0 Å². The van der Waals surface area contributed by atoms with Crippen LogP contribution >= 0.6 is 12.4 Å². The molecular formula is C11H23ClN2O3S. The van der Waals surface area contributed by atoms with Crippen molar-refractivity contribution in [3.05, 3.63) is 0 Å². The lowest BCUT2D eigenvalue weighted by atomic mass is 10.0. The van der Waals surface area contributed by atoms with Crippen molar-refractivity contribution in [2.24, 2.45) is 11.7 Å². The van der Waals surface area contributed by atoms with Crippen molar-refractivity contribution < 1.29 is 13.2 Å². The van der Waals surface area contributed by atoms with Crippen molar-refractivity contribution in [2.45, 2.75) is 38.3 Å². The highest BCUT2D eigenvalue weighted by molar-refractivity contribution is 7.89. The Kier molecular flexibility index (Phi) is 5.86. The van der Waals surface area contributed by atoms with Gasteiger partial charge in [0.1, 0.15) is 0 Å². The molecule has 0 aromatic carbocycles. The number of hydrogen-bond acceptors (Lipinski definition) is 4. The van der Waals surface area contributed by atoms with Gasteiger partial charge in [0.2, 0.25) is 10.0 Å². The number of nitrogens with two attached hydrogens (primary N) is 1. The quantitative estimate of drug-likeness (QED) is 0.824. The summed E-state index contributed by atoms with van der Waals surface area (Å²) in [6.07, 6.45) is 2.61. The van der Waals surface area contributed by atoms with Crippen LogP contribution in [-0.2, 0) is 14.8 Å². The van der Waals surface area contributed by atoms with E-state index < -0.39 is 10.0 Å². The van der Waals surface area contributed by atoms with E-state index >= 15 is 0 Å². The van der Waals surface area contributed by atoms with Gasteiger partial charge in [-0.3, -0.25) is 0 Å². The third-order valence-electron chi connectivity index (χ3n) is 3.74. The lowest BCUT2D eigenvalue weighted by Gasteiger charge is -2.19. The Morgan fingerprint density at radius 2 is 2.17 bits per heavy atom. The minimum atomic E-state index is -3.16. The number of sulfonamides is 1. The molecule has 2 saturated heterocycles. The normalized spacial score (nSPS) is 31.2. The maximum absolute atomic E-state index is 12.2. The second kappa shape index (κ2) is 6.52. The second-order valence-corrected chi connectivity index (χ2v) is 7.19. The van der Waals surface area contributed by atoms with Crippen molar-refractivity contribution in [1.82, 2.24) is 4.31 Å². The fourth-order valence-electron chi connectivity index (χ4n) is 2.55. The molecule has 0 radical (unpaired) electrons. The number of halogens is 1. The van der Waals surface area contributed by atoms with Gasteiger partial charge in [0.05, 0.1) is 11.9 Å². The van der Waals surface area contributed by atoms with E-state index in [4.69, 9.17) is 10.5 Å². The molecule has 2 aliphatic rings. The van der Waals surface area contributed by atoms with Gasteiger partial charge in [-0.05, 0) is 32.1 Å². The maximum Gasteiger partial charge on any atom is 0.216 e. The molecule has 2 rings (SSSR count). The van der Waals surface area contributed by atoms with Gasteiger partial charge in [-0.2, -0.15) is 0 Å². The molecule has 7 heteroatoms. The lowest BCUT2D eigenvalue weighted by molar-refractivity contribution is 0.126. The van der Waals surface area contributed by atoms with Crippen molar-refractivity contribution in [3.8, 4) is 0 Å². The van der Waals surface area contributed by atoms with E-state index in [9.17, 15) is 8.42 Å². The Balaban J connectivity index is 0.00000162.